The van der Waals surface area contributed by atoms with E-state index in [2.05, 4.69) is 27.5 Å². The third-order valence-electron chi connectivity index (χ3n) is 4.69. The van der Waals surface area contributed by atoms with Crippen LogP contribution in [0.5, 0.6) is 5.75 Å². The molecule has 3 N–H and O–H groups in total. The Morgan fingerprint density at radius 3 is 2.62 bits per heavy atom. The van der Waals surface area contributed by atoms with Crippen LogP contribution in [0.25, 0.3) is 0 Å². The van der Waals surface area contributed by atoms with Crippen molar-refractivity contribution in [1.29, 1.82) is 0 Å². The van der Waals surface area contributed by atoms with Gasteiger partial charge in [0.25, 0.3) is 11.8 Å². The molecule has 29 heavy (non-hydrogen) atoms. The van der Waals surface area contributed by atoms with E-state index >= 15 is 0 Å². The Morgan fingerprint density at radius 1 is 1.21 bits per heavy atom. The number of thiophene rings is 1. The van der Waals surface area contributed by atoms with Crippen molar-refractivity contribution in [2.45, 2.75) is 0 Å². The summed E-state index contributed by atoms with van der Waals surface area (Å²) >= 11 is 7.08. The van der Waals surface area contributed by atoms with Crippen molar-refractivity contribution in [1.82, 2.24) is 15.1 Å². The Kier molecular flexibility index (Phi) is 7.07. The molecule has 1 fully saturated rings. The maximum atomic E-state index is 13.5. The van der Waals surface area contributed by atoms with Gasteiger partial charge in [-0.1, -0.05) is 11.6 Å². The van der Waals surface area contributed by atoms with E-state index in [1.54, 1.807) is 0 Å². The number of carbonyl (C=O) groups is 2. The lowest BCUT2D eigenvalue weighted by Crippen LogP contribution is -2.46. The number of hydrogen-bond donors (Lipinski definition) is 3. The first-order valence-corrected chi connectivity index (χ1v) is 10.3. The standard InChI is InChI=1S/C19H22ClFN4O3S/c1-24-6-8-25(9-7-24)5-4-22-18(28)13-11-16(20)29-19(13)23-17(27)12-2-3-15(26)14(21)10-12/h2-3,10-11,26H,4-9H2,1H3,(H,22,28)(H,23,27). The summed E-state index contributed by atoms with van der Waals surface area (Å²) in [6.07, 6.45) is 0. The van der Waals surface area contributed by atoms with E-state index in [1.807, 2.05) is 0 Å². The monoisotopic (exact) mass is 440 g/mol. The van der Waals surface area contributed by atoms with Crippen LogP contribution in [0.3, 0.4) is 0 Å². The third-order valence-corrected chi connectivity index (χ3v) is 5.87. The number of amides is 2. The van der Waals surface area contributed by atoms with Crippen molar-refractivity contribution in [2.24, 2.45) is 0 Å². The van der Waals surface area contributed by atoms with Gasteiger partial charge in [-0.3, -0.25) is 14.5 Å². The fourth-order valence-electron chi connectivity index (χ4n) is 2.94. The molecule has 0 atom stereocenters. The minimum Gasteiger partial charge on any atom is -0.505 e. The first kappa shape index (κ1) is 21.5. The number of hydrogen-bond acceptors (Lipinski definition) is 6. The van der Waals surface area contributed by atoms with Gasteiger partial charge in [0.2, 0.25) is 0 Å². The van der Waals surface area contributed by atoms with E-state index in [9.17, 15) is 19.1 Å². The molecule has 1 aromatic carbocycles. The lowest BCUT2D eigenvalue weighted by Gasteiger charge is -2.32. The van der Waals surface area contributed by atoms with Gasteiger partial charge in [0.15, 0.2) is 11.6 Å². The molecule has 1 aliphatic heterocycles. The molecular formula is C19H22ClFN4O3S. The van der Waals surface area contributed by atoms with E-state index in [4.69, 9.17) is 11.6 Å². The summed E-state index contributed by atoms with van der Waals surface area (Å²) in [5, 5.41) is 15.0. The summed E-state index contributed by atoms with van der Waals surface area (Å²) < 4.78 is 13.8. The van der Waals surface area contributed by atoms with Crippen LogP contribution >= 0.6 is 22.9 Å². The van der Waals surface area contributed by atoms with Crippen LogP contribution in [-0.4, -0.2) is 73.0 Å². The van der Waals surface area contributed by atoms with Gasteiger partial charge in [-0.05, 0) is 31.3 Å². The van der Waals surface area contributed by atoms with Crippen LogP contribution in [0, 0.1) is 5.82 Å². The third kappa shape index (κ3) is 5.66. The Labute approximate surface area is 177 Å². The quantitative estimate of drug-likeness (QED) is 0.642. The molecule has 0 spiro atoms. The summed E-state index contributed by atoms with van der Waals surface area (Å²) in [5.41, 5.74) is 0.275. The van der Waals surface area contributed by atoms with Crippen molar-refractivity contribution < 1.29 is 19.1 Å². The average molecular weight is 441 g/mol. The predicted octanol–water partition coefficient (Wildman–Crippen LogP) is 2.48. The van der Waals surface area contributed by atoms with Gasteiger partial charge in [0.05, 0.1) is 9.90 Å². The van der Waals surface area contributed by atoms with Gasteiger partial charge in [0, 0.05) is 44.8 Å². The smallest absolute Gasteiger partial charge is 0.256 e. The summed E-state index contributed by atoms with van der Waals surface area (Å²) in [6.45, 7) is 5.14. The number of benzene rings is 1. The van der Waals surface area contributed by atoms with Crippen LogP contribution in [0.4, 0.5) is 9.39 Å². The number of carbonyl (C=O) groups excluding carboxylic acids is 2. The molecule has 156 valence electrons. The SMILES string of the molecule is CN1CCN(CCNC(=O)c2cc(Cl)sc2NC(=O)c2ccc(O)c(F)c2)CC1. The summed E-state index contributed by atoms with van der Waals surface area (Å²) in [7, 11) is 2.09. The summed E-state index contributed by atoms with van der Waals surface area (Å²) in [6, 6.07) is 4.80. The maximum absolute atomic E-state index is 13.5. The zero-order chi connectivity index (χ0) is 21.0. The fraction of sp³-hybridized carbons (Fsp3) is 0.368. The van der Waals surface area contributed by atoms with Crippen molar-refractivity contribution in [2.75, 3.05) is 51.6 Å². The van der Waals surface area contributed by atoms with Crippen LogP contribution in [0.15, 0.2) is 24.3 Å². The molecule has 2 aromatic rings. The number of piperazine rings is 1. The number of likely N-dealkylation sites (N-methyl/N-ethyl adjacent to an activating group) is 1. The number of nitrogens with zero attached hydrogens (tertiary/aromatic N) is 2. The van der Waals surface area contributed by atoms with E-state index in [-0.39, 0.29) is 22.0 Å². The highest BCUT2D eigenvalue weighted by molar-refractivity contribution is 7.20. The normalized spacial score (nSPS) is 15.3. The van der Waals surface area contributed by atoms with E-state index in [1.165, 1.54) is 12.1 Å². The molecule has 2 heterocycles. The molecule has 1 aliphatic rings. The van der Waals surface area contributed by atoms with Crippen molar-refractivity contribution in [3.63, 3.8) is 0 Å². The zero-order valence-corrected chi connectivity index (χ0v) is 17.4. The second kappa shape index (κ2) is 9.53. The fourth-order valence-corrected chi connectivity index (χ4v) is 4.06. The maximum Gasteiger partial charge on any atom is 0.256 e. The van der Waals surface area contributed by atoms with E-state index < -0.39 is 17.5 Å². The molecular weight excluding hydrogens is 419 g/mol. The van der Waals surface area contributed by atoms with Crippen LogP contribution < -0.4 is 10.6 Å². The van der Waals surface area contributed by atoms with E-state index in [0.29, 0.717) is 10.9 Å². The highest BCUT2D eigenvalue weighted by Crippen LogP contribution is 2.32. The number of phenols is 1. The molecule has 10 heteroatoms. The highest BCUT2D eigenvalue weighted by Gasteiger charge is 2.19. The Bertz CT molecular complexity index is 900. The second-order valence-corrected chi connectivity index (χ2v) is 8.50. The molecule has 0 saturated carbocycles. The number of nitrogens with one attached hydrogen (secondary N) is 2. The molecule has 0 aliphatic carbocycles. The van der Waals surface area contributed by atoms with Crippen molar-refractivity contribution >= 4 is 39.8 Å². The lowest BCUT2D eigenvalue weighted by atomic mass is 10.2. The first-order valence-electron chi connectivity index (χ1n) is 9.12. The van der Waals surface area contributed by atoms with Gasteiger partial charge >= 0.3 is 0 Å². The second-order valence-electron chi connectivity index (χ2n) is 6.81. The molecule has 2 amide bonds. The molecule has 0 radical (unpaired) electrons. The zero-order valence-electron chi connectivity index (χ0n) is 15.9. The molecule has 1 saturated heterocycles. The predicted molar refractivity (Wildman–Crippen MR) is 112 cm³/mol. The summed E-state index contributed by atoms with van der Waals surface area (Å²) in [5.74, 6) is -2.38. The van der Waals surface area contributed by atoms with Crippen molar-refractivity contribution in [3.05, 3.63) is 45.5 Å². The van der Waals surface area contributed by atoms with E-state index in [0.717, 1.165) is 56.2 Å². The first-order chi connectivity index (χ1) is 13.8. The summed E-state index contributed by atoms with van der Waals surface area (Å²) in [4.78, 5) is 29.5. The number of anilines is 1. The number of rotatable bonds is 6. The topological polar surface area (TPSA) is 84.9 Å². The molecule has 0 bridgehead atoms. The highest BCUT2D eigenvalue weighted by atomic mass is 35.5. The Hall–Kier alpha value is -2.20. The van der Waals surface area contributed by atoms with Gasteiger partial charge in [-0.25, -0.2) is 4.39 Å². The van der Waals surface area contributed by atoms with Crippen LogP contribution in [-0.2, 0) is 0 Å². The lowest BCUT2D eigenvalue weighted by molar-refractivity contribution is 0.0942. The minimum absolute atomic E-state index is 0.0197. The van der Waals surface area contributed by atoms with Crippen LogP contribution in [0.1, 0.15) is 20.7 Å². The van der Waals surface area contributed by atoms with Gasteiger partial charge in [-0.15, -0.1) is 11.3 Å². The van der Waals surface area contributed by atoms with Crippen molar-refractivity contribution in [3.8, 4) is 5.75 Å². The minimum atomic E-state index is -0.899. The number of halogens is 2. The number of phenolic OH excluding ortho intramolecular Hbond substituents is 1. The molecule has 7 nitrogen and oxygen atoms in total. The van der Waals surface area contributed by atoms with Crippen LogP contribution in [0.2, 0.25) is 4.34 Å². The Morgan fingerprint density at radius 2 is 1.93 bits per heavy atom. The largest absolute Gasteiger partial charge is 0.505 e. The molecule has 1 aromatic heterocycles. The number of aromatic hydroxyl groups is 1. The molecule has 3 rings (SSSR count). The van der Waals surface area contributed by atoms with Gasteiger partial charge < -0.3 is 20.6 Å². The molecule has 0 unspecified atom stereocenters. The van der Waals surface area contributed by atoms with Gasteiger partial charge in [0.1, 0.15) is 5.00 Å². The Balaban J connectivity index is 1.59. The average Bonchev–Trinajstić information content (AvgIpc) is 3.05. The van der Waals surface area contributed by atoms with Gasteiger partial charge in [-0.2, -0.15) is 0 Å².